The standard InChI is InChI=1S/C20H21ClN2O6S/c1-28-17-6-2-15(3-7-17)20(25)29-14-19(24)22-10-12-23(13-11-22)30(26,27)18-8-4-16(21)5-9-18/h2-9H,10-14H2,1H3. The predicted molar refractivity (Wildman–Crippen MR) is 110 cm³/mol. The van der Waals surface area contributed by atoms with Crippen LogP contribution in [0, 0.1) is 0 Å². The van der Waals surface area contributed by atoms with Gasteiger partial charge in [0.2, 0.25) is 10.0 Å². The van der Waals surface area contributed by atoms with Gasteiger partial charge in [-0.1, -0.05) is 11.6 Å². The van der Waals surface area contributed by atoms with E-state index in [1.54, 1.807) is 24.3 Å². The Balaban J connectivity index is 1.51. The van der Waals surface area contributed by atoms with E-state index in [9.17, 15) is 18.0 Å². The van der Waals surface area contributed by atoms with Gasteiger partial charge >= 0.3 is 5.97 Å². The summed E-state index contributed by atoms with van der Waals surface area (Å²) in [6.07, 6.45) is 0. The molecule has 1 fully saturated rings. The third kappa shape index (κ3) is 5.10. The fourth-order valence-corrected chi connectivity index (χ4v) is 4.51. The molecule has 2 aromatic rings. The van der Waals surface area contributed by atoms with Gasteiger partial charge in [-0.15, -0.1) is 0 Å². The van der Waals surface area contributed by atoms with Gasteiger partial charge in [-0.25, -0.2) is 13.2 Å². The minimum absolute atomic E-state index is 0.153. The lowest BCUT2D eigenvalue weighted by Crippen LogP contribution is -2.51. The number of halogens is 1. The topological polar surface area (TPSA) is 93.2 Å². The van der Waals surface area contributed by atoms with Crippen molar-refractivity contribution in [3.63, 3.8) is 0 Å². The summed E-state index contributed by atoms with van der Waals surface area (Å²) in [5, 5.41) is 0.452. The number of hydrogen-bond acceptors (Lipinski definition) is 6. The van der Waals surface area contributed by atoms with Crippen LogP contribution < -0.4 is 4.74 Å². The van der Waals surface area contributed by atoms with Crippen LogP contribution in [0.15, 0.2) is 53.4 Å². The van der Waals surface area contributed by atoms with Gasteiger partial charge < -0.3 is 14.4 Å². The average molecular weight is 453 g/mol. The molecular formula is C20H21ClN2O6S. The van der Waals surface area contributed by atoms with Gasteiger partial charge in [-0.2, -0.15) is 4.31 Å². The molecule has 160 valence electrons. The normalized spacial score (nSPS) is 14.9. The highest BCUT2D eigenvalue weighted by atomic mass is 35.5. The van der Waals surface area contributed by atoms with Crippen molar-refractivity contribution in [2.75, 3.05) is 39.9 Å². The number of benzene rings is 2. The number of nitrogens with zero attached hydrogens (tertiary/aromatic N) is 2. The Labute approximate surface area is 180 Å². The fraction of sp³-hybridized carbons (Fsp3) is 0.300. The van der Waals surface area contributed by atoms with Crippen molar-refractivity contribution in [2.45, 2.75) is 4.90 Å². The molecule has 0 saturated carbocycles. The van der Waals surface area contributed by atoms with E-state index in [1.165, 1.54) is 40.6 Å². The van der Waals surface area contributed by atoms with Gasteiger partial charge in [-0.3, -0.25) is 4.79 Å². The number of esters is 1. The zero-order chi connectivity index (χ0) is 21.7. The molecule has 3 rings (SSSR count). The van der Waals surface area contributed by atoms with Crippen LogP contribution in [0.2, 0.25) is 5.02 Å². The molecule has 2 aromatic carbocycles. The fourth-order valence-electron chi connectivity index (χ4n) is 2.96. The lowest BCUT2D eigenvalue weighted by Gasteiger charge is -2.33. The van der Waals surface area contributed by atoms with Crippen LogP contribution >= 0.6 is 11.6 Å². The van der Waals surface area contributed by atoms with Crippen molar-refractivity contribution in [2.24, 2.45) is 0 Å². The SMILES string of the molecule is COc1ccc(C(=O)OCC(=O)N2CCN(S(=O)(=O)c3ccc(Cl)cc3)CC2)cc1. The number of sulfonamides is 1. The molecule has 0 N–H and O–H groups in total. The van der Waals surface area contributed by atoms with Crippen LogP contribution in [0.3, 0.4) is 0 Å². The van der Waals surface area contributed by atoms with E-state index in [-0.39, 0.29) is 37.0 Å². The Bertz CT molecular complexity index is 1000. The predicted octanol–water partition coefficient (Wildman–Crippen LogP) is 2.04. The quantitative estimate of drug-likeness (QED) is 0.623. The maximum absolute atomic E-state index is 12.7. The van der Waals surface area contributed by atoms with Gasteiger partial charge in [0.1, 0.15) is 5.75 Å². The molecule has 30 heavy (non-hydrogen) atoms. The summed E-state index contributed by atoms with van der Waals surface area (Å²) in [7, 11) is -2.13. The van der Waals surface area contributed by atoms with Gasteiger partial charge in [0, 0.05) is 31.2 Å². The van der Waals surface area contributed by atoms with Crippen molar-refractivity contribution in [3.8, 4) is 5.75 Å². The molecule has 0 unspecified atom stereocenters. The first-order chi connectivity index (χ1) is 14.3. The molecule has 10 heteroatoms. The minimum Gasteiger partial charge on any atom is -0.497 e. The van der Waals surface area contributed by atoms with Crippen LogP contribution in [0.5, 0.6) is 5.75 Å². The van der Waals surface area contributed by atoms with Crippen molar-refractivity contribution in [1.82, 2.24) is 9.21 Å². The summed E-state index contributed by atoms with van der Waals surface area (Å²) in [5.41, 5.74) is 0.308. The van der Waals surface area contributed by atoms with Gasteiger partial charge in [0.25, 0.3) is 5.91 Å². The second-order valence-corrected chi connectivity index (χ2v) is 8.92. The van der Waals surface area contributed by atoms with Crippen LogP contribution in [0.25, 0.3) is 0 Å². The van der Waals surface area contributed by atoms with E-state index in [2.05, 4.69) is 0 Å². The number of carbonyl (C=O) groups is 2. The van der Waals surface area contributed by atoms with E-state index in [1.807, 2.05) is 0 Å². The minimum atomic E-state index is -3.65. The lowest BCUT2D eigenvalue weighted by molar-refractivity contribution is -0.135. The van der Waals surface area contributed by atoms with Crippen molar-refractivity contribution >= 4 is 33.5 Å². The summed E-state index contributed by atoms with van der Waals surface area (Å²) in [5.74, 6) is -0.385. The van der Waals surface area contributed by atoms with Crippen LogP contribution in [-0.2, 0) is 19.6 Å². The van der Waals surface area contributed by atoms with Crippen molar-refractivity contribution < 1.29 is 27.5 Å². The number of rotatable bonds is 6. The average Bonchev–Trinajstić information content (AvgIpc) is 2.77. The van der Waals surface area contributed by atoms with E-state index < -0.39 is 22.6 Å². The van der Waals surface area contributed by atoms with Crippen molar-refractivity contribution in [3.05, 3.63) is 59.1 Å². The first kappa shape index (κ1) is 22.1. The Kier molecular flexibility index (Phi) is 6.96. The summed E-state index contributed by atoms with van der Waals surface area (Å²) in [4.78, 5) is 26.0. The molecule has 0 radical (unpaired) electrons. The number of carbonyl (C=O) groups excluding carboxylic acids is 2. The molecule has 1 saturated heterocycles. The molecule has 0 aromatic heterocycles. The van der Waals surface area contributed by atoms with E-state index in [4.69, 9.17) is 21.1 Å². The molecule has 1 aliphatic rings. The maximum Gasteiger partial charge on any atom is 0.338 e. The Hall–Kier alpha value is -2.62. The van der Waals surface area contributed by atoms with Crippen molar-refractivity contribution in [1.29, 1.82) is 0 Å². The molecular weight excluding hydrogens is 432 g/mol. The molecule has 0 bridgehead atoms. The lowest BCUT2D eigenvalue weighted by atomic mass is 10.2. The largest absolute Gasteiger partial charge is 0.497 e. The number of amides is 1. The molecule has 0 atom stereocenters. The third-order valence-corrected chi connectivity index (χ3v) is 6.86. The van der Waals surface area contributed by atoms with Gasteiger partial charge in [-0.05, 0) is 48.5 Å². The van der Waals surface area contributed by atoms with Gasteiger partial charge in [0.15, 0.2) is 6.61 Å². The summed E-state index contributed by atoms with van der Waals surface area (Å²) < 4.78 is 36.8. The number of methoxy groups -OCH3 is 1. The van der Waals surface area contributed by atoms with E-state index >= 15 is 0 Å². The number of hydrogen-bond donors (Lipinski definition) is 0. The van der Waals surface area contributed by atoms with Gasteiger partial charge in [0.05, 0.1) is 17.6 Å². The molecule has 8 nitrogen and oxygen atoms in total. The highest BCUT2D eigenvalue weighted by Crippen LogP contribution is 2.20. The highest BCUT2D eigenvalue weighted by molar-refractivity contribution is 7.89. The number of piperazine rings is 1. The first-order valence-electron chi connectivity index (χ1n) is 9.16. The first-order valence-corrected chi connectivity index (χ1v) is 11.0. The zero-order valence-corrected chi connectivity index (χ0v) is 17.9. The smallest absolute Gasteiger partial charge is 0.338 e. The Morgan fingerprint density at radius 2 is 1.57 bits per heavy atom. The highest BCUT2D eigenvalue weighted by Gasteiger charge is 2.30. The molecule has 0 aliphatic carbocycles. The summed E-state index contributed by atoms with van der Waals surface area (Å²) in [6.45, 7) is 0.332. The molecule has 1 amide bonds. The number of ether oxygens (including phenoxy) is 2. The monoisotopic (exact) mass is 452 g/mol. The second kappa shape index (κ2) is 9.46. The zero-order valence-electron chi connectivity index (χ0n) is 16.3. The van der Waals surface area contributed by atoms with E-state index in [0.29, 0.717) is 16.3 Å². The molecule has 0 spiro atoms. The Morgan fingerprint density at radius 1 is 0.967 bits per heavy atom. The summed E-state index contributed by atoms with van der Waals surface area (Å²) >= 11 is 5.81. The van der Waals surface area contributed by atoms with Crippen LogP contribution in [0.1, 0.15) is 10.4 Å². The summed E-state index contributed by atoms with van der Waals surface area (Å²) in [6, 6.07) is 12.3. The molecule has 1 heterocycles. The molecule has 1 aliphatic heterocycles. The van der Waals surface area contributed by atoms with Crippen LogP contribution in [-0.4, -0.2) is 69.4 Å². The second-order valence-electron chi connectivity index (χ2n) is 6.54. The van der Waals surface area contributed by atoms with Crippen LogP contribution in [0.4, 0.5) is 0 Å². The maximum atomic E-state index is 12.7. The third-order valence-electron chi connectivity index (χ3n) is 4.70. The van der Waals surface area contributed by atoms with E-state index in [0.717, 1.165) is 0 Å². The Morgan fingerprint density at radius 3 is 2.13 bits per heavy atom.